The molecule has 1 N–H and O–H groups in total. The molecule has 0 heterocycles. The lowest BCUT2D eigenvalue weighted by Gasteiger charge is -2.06. The number of rotatable bonds is 5. The van der Waals surface area contributed by atoms with Crippen LogP contribution in [-0.2, 0) is 0 Å². The molecule has 0 spiro atoms. The van der Waals surface area contributed by atoms with E-state index in [1.54, 1.807) is 7.05 Å². The maximum atomic E-state index is 10.6. The smallest absolute Gasteiger partial charge is 0.139 e. The molecule has 0 aromatic heterocycles. The van der Waals surface area contributed by atoms with E-state index in [1.165, 1.54) is 5.47 Å². The Morgan fingerprint density at radius 1 is 1.12 bits per heavy atom. The van der Waals surface area contributed by atoms with Crippen LogP contribution < -0.4 is 0 Å². The lowest BCUT2D eigenvalue weighted by atomic mass is 9.89. The molecule has 25 heavy (non-hydrogen) atoms. The quantitative estimate of drug-likeness (QED) is 0.624. The highest BCUT2D eigenvalue weighted by atomic mass is 16.3. The first-order chi connectivity index (χ1) is 12.0. The van der Waals surface area contributed by atoms with Gasteiger partial charge in [0.15, 0.2) is 0 Å². The Balaban J connectivity index is 2.30. The third-order valence-corrected chi connectivity index (χ3v) is 4.26. The van der Waals surface area contributed by atoms with E-state index in [0.717, 1.165) is 28.0 Å². The first kappa shape index (κ1) is 18.5. The number of aliphatic hydroxyl groups is 1. The fourth-order valence-corrected chi connectivity index (χ4v) is 2.70. The highest BCUT2D eigenvalue weighted by Gasteiger charge is 2.27. The van der Waals surface area contributed by atoms with Crippen LogP contribution in [0.4, 0.5) is 0 Å². The molecule has 0 unspecified atom stereocenters. The van der Waals surface area contributed by atoms with Crippen molar-refractivity contribution in [3.63, 3.8) is 0 Å². The van der Waals surface area contributed by atoms with Crippen molar-refractivity contribution in [1.29, 1.82) is 0 Å². The van der Waals surface area contributed by atoms with Crippen LogP contribution in [0.3, 0.4) is 0 Å². The van der Waals surface area contributed by atoms with Gasteiger partial charge in [0.1, 0.15) is 13.6 Å². The number of allylic oxidation sites excluding steroid dienone is 10. The molecule has 0 amide bonds. The van der Waals surface area contributed by atoms with E-state index >= 15 is 0 Å². The molecule has 0 radical (unpaired) electrons. The highest BCUT2D eigenvalue weighted by molar-refractivity contribution is 6.25. The van der Waals surface area contributed by atoms with Gasteiger partial charge in [-0.1, -0.05) is 78.3 Å². The SMILES string of the molecule is BC(/C=C\C=C\C)=C(C)\C=C/C(=C)C1=C(O)c2ccccc2/C1=N\C. The van der Waals surface area contributed by atoms with Crippen LogP contribution in [0.25, 0.3) is 5.76 Å². The Kier molecular flexibility index (Phi) is 6.18. The predicted octanol–water partition coefficient (Wildman–Crippen LogP) is 4.54. The number of hydrogen-bond acceptors (Lipinski definition) is 2. The summed E-state index contributed by atoms with van der Waals surface area (Å²) in [4.78, 5) is 4.37. The molecule has 1 aliphatic rings. The summed E-state index contributed by atoms with van der Waals surface area (Å²) in [6.45, 7) is 8.19. The second-order valence-electron chi connectivity index (χ2n) is 5.95. The average Bonchev–Trinajstić information content (AvgIpc) is 2.91. The van der Waals surface area contributed by atoms with Crippen LogP contribution in [0.15, 0.2) is 94.5 Å². The van der Waals surface area contributed by atoms with Crippen LogP contribution in [0, 0.1) is 0 Å². The molecule has 3 heteroatoms. The summed E-state index contributed by atoms with van der Waals surface area (Å²) >= 11 is 0. The minimum atomic E-state index is 0.247. The molecule has 2 rings (SSSR count). The standard InChI is InChI=1S/C22H24BNO/c1-5-6-7-12-19(23)15(2)13-14-16(3)20-21(24-4)17-10-8-9-11-18(17)22(20)25/h5-14,25H,3,23H2,1-2,4H3/b6-5+,12-7-,14-13-,19-15-,24-21+. The van der Waals surface area contributed by atoms with Gasteiger partial charge in [-0.25, -0.2) is 0 Å². The first-order valence-electron chi connectivity index (χ1n) is 8.35. The van der Waals surface area contributed by atoms with Crippen molar-refractivity contribution in [3.8, 4) is 0 Å². The van der Waals surface area contributed by atoms with E-state index in [0.29, 0.717) is 5.57 Å². The summed E-state index contributed by atoms with van der Waals surface area (Å²) < 4.78 is 0. The number of fused-ring (bicyclic) bond motifs is 1. The second-order valence-corrected chi connectivity index (χ2v) is 5.95. The van der Waals surface area contributed by atoms with Crippen molar-refractivity contribution in [2.24, 2.45) is 4.99 Å². The minimum absolute atomic E-state index is 0.247. The minimum Gasteiger partial charge on any atom is -0.507 e. The number of nitrogens with zero attached hydrogens (tertiary/aromatic N) is 1. The largest absolute Gasteiger partial charge is 0.507 e. The van der Waals surface area contributed by atoms with Crippen LogP contribution in [-0.4, -0.2) is 25.7 Å². The molecular weight excluding hydrogens is 305 g/mol. The zero-order valence-electron chi connectivity index (χ0n) is 15.4. The van der Waals surface area contributed by atoms with Crippen LogP contribution in [0.1, 0.15) is 25.0 Å². The monoisotopic (exact) mass is 329 g/mol. The maximum Gasteiger partial charge on any atom is 0.139 e. The van der Waals surface area contributed by atoms with Crippen molar-refractivity contribution in [2.75, 3.05) is 7.05 Å². The van der Waals surface area contributed by atoms with E-state index in [9.17, 15) is 5.11 Å². The molecule has 0 saturated heterocycles. The lowest BCUT2D eigenvalue weighted by molar-refractivity contribution is 0.511. The van der Waals surface area contributed by atoms with Crippen molar-refractivity contribution in [3.05, 3.63) is 101 Å². The Morgan fingerprint density at radius 2 is 1.80 bits per heavy atom. The highest BCUT2D eigenvalue weighted by Crippen LogP contribution is 2.35. The summed E-state index contributed by atoms with van der Waals surface area (Å²) in [6.07, 6.45) is 12.0. The molecule has 0 atom stereocenters. The van der Waals surface area contributed by atoms with Crippen LogP contribution in [0.2, 0.25) is 0 Å². The van der Waals surface area contributed by atoms with E-state index < -0.39 is 0 Å². The summed E-state index contributed by atoms with van der Waals surface area (Å²) in [5, 5.41) is 10.6. The molecule has 0 bridgehead atoms. The fourth-order valence-electron chi connectivity index (χ4n) is 2.70. The third kappa shape index (κ3) is 4.00. The Hall–Kier alpha value is -2.81. The van der Waals surface area contributed by atoms with Crippen molar-refractivity contribution >= 4 is 19.3 Å². The van der Waals surface area contributed by atoms with Gasteiger partial charge in [-0.15, -0.1) is 0 Å². The van der Waals surface area contributed by atoms with Gasteiger partial charge >= 0.3 is 0 Å². The zero-order valence-corrected chi connectivity index (χ0v) is 15.4. The number of hydrogen-bond donors (Lipinski definition) is 1. The molecule has 2 nitrogen and oxygen atoms in total. The van der Waals surface area contributed by atoms with Gasteiger partial charge in [0.2, 0.25) is 0 Å². The van der Waals surface area contributed by atoms with Gasteiger partial charge in [-0.05, 0) is 19.4 Å². The molecule has 0 fully saturated rings. The number of aliphatic imine (C=N–C) groups is 1. The van der Waals surface area contributed by atoms with Gasteiger partial charge in [0.05, 0.1) is 5.71 Å². The van der Waals surface area contributed by atoms with Gasteiger partial charge in [-0.3, -0.25) is 4.99 Å². The Bertz CT molecular complexity index is 864. The van der Waals surface area contributed by atoms with Gasteiger partial charge in [-0.2, -0.15) is 0 Å². The molecule has 0 aliphatic heterocycles. The summed E-state index contributed by atoms with van der Waals surface area (Å²) in [6, 6.07) is 7.74. The second kappa shape index (κ2) is 8.34. The molecule has 0 saturated carbocycles. The van der Waals surface area contributed by atoms with Crippen LogP contribution in [0.5, 0.6) is 0 Å². The molecule has 126 valence electrons. The van der Waals surface area contributed by atoms with E-state index in [2.05, 4.69) is 32.4 Å². The average molecular weight is 329 g/mol. The molecule has 1 aromatic carbocycles. The number of aliphatic hydroxyl groups excluding tert-OH is 1. The van der Waals surface area contributed by atoms with E-state index in [-0.39, 0.29) is 5.76 Å². The molecular formula is C22H24BNO. The summed E-state index contributed by atoms with van der Waals surface area (Å²) in [5.74, 6) is 0.247. The third-order valence-electron chi connectivity index (χ3n) is 4.26. The lowest BCUT2D eigenvalue weighted by Crippen LogP contribution is -2.02. The maximum absolute atomic E-state index is 10.6. The van der Waals surface area contributed by atoms with Gasteiger partial charge in [0, 0.05) is 23.7 Å². The zero-order chi connectivity index (χ0) is 18.4. The molecule has 1 aliphatic carbocycles. The Labute approximate surface area is 151 Å². The van der Waals surface area contributed by atoms with Crippen molar-refractivity contribution in [1.82, 2.24) is 0 Å². The summed E-state index contributed by atoms with van der Waals surface area (Å²) in [7, 11) is 3.81. The van der Waals surface area contributed by atoms with Gasteiger partial charge < -0.3 is 5.11 Å². The first-order valence-corrected chi connectivity index (χ1v) is 8.35. The normalized spacial score (nSPS) is 17.2. The van der Waals surface area contributed by atoms with E-state index in [4.69, 9.17) is 0 Å². The fraction of sp³-hybridized carbons (Fsp3) is 0.136. The van der Waals surface area contributed by atoms with E-state index in [1.807, 2.05) is 61.6 Å². The topological polar surface area (TPSA) is 32.6 Å². The predicted molar refractivity (Wildman–Crippen MR) is 112 cm³/mol. The van der Waals surface area contributed by atoms with Gasteiger partial charge in [0.25, 0.3) is 0 Å². The van der Waals surface area contributed by atoms with Crippen molar-refractivity contribution < 1.29 is 5.11 Å². The Morgan fingerprint density at radius 3 is 2.44 bits per heavy atom. The molecule has 1 aromatic rings. The van der Waals surface area contributed by atoms with Crippen LogP contribution >= 0.6 is 0 Å². The number of benzene rings is 1. The van der Waals surface area contributed by atoms with Crippen molar-refractivity contribution in [2.45, 2.75) is 13.8 Å². The summed E-state index contributed by atoms with van der Waals surface area (Å²) in [5.41, 5.74) is 6.32.